The molecule has 0 fully saturated rings. The highest BCUT2D eigenvalue weighted by Gasteiger charge is 2.16. The second-order valence-electron chi connectivity index (χ2n) is 5.86. The fraction of sp³-hybridized carbons (Fsp3) is 0.100. The Hall–Kier alpha value is -3.20. The van der Waals surface area contributed by atoms with Crippen LogP contribution >= 0.6 is 23.3 Å². The Kier molecular flexibility index (Phi) is 7.41. The molecule has 1 aromatic heterocycles. The molecule has 1 heterocycles. The molecule has 0 atom stereocenters. The first kappa shape index (κ1) is 22.5. The third kappa shape index (κ3) is 6.14. The lowest BCUT2D eigenvalue weighted by atomic mass is 10.1. The Balaban J connectivity index is 1.70. The minimum atomic E-state index is -3.95. The molecule has 0 aliphatic carbocycles. The van der Waals surface area contributed by atoms with Crippen LogP contribution in [0.2, 0.25) is 0 Å². The normalized spacial score (nSPS) is 11.5. The molecule has 0 saturated carbocycles. The molecule has 31 heavy (non-hydrogen) atoms. The maximum atomic E-state index is 12.4. The number of nitrogens with zero attached hydrogens (tertiary/aromatic N) is 3. The van der Waals surface area contributed by atoms with Crippen molar-refractivity contribution in [3.05, 3.63) is 65.7 Å². The zero-order chi connectivity index (χ0) is 22.3. The maximum absolute atomic E-state index is 12.4. The summed E-state index contributed by atoms with van der Waals surface area (Å²) in [5.74, 6) is 0.303. The molecule has 2 aromatic carbocycles. The average molecular weight is 473 g/mol. The average Bonchev–Trinajstić information content (AvgIpc) is 3.20. The highest BCUT2D eigenvalue weighted by Crippen LogP contribution is 2.22. The van der Waals surface area contributed by atoms with Gasteiger partial charge in [0, 0.05) is 11.5 Å². The van der Waals surface area contributed by atoms with Crippen LogP contribution in [0.1, 0.15) is 12.5 Å². The third-order valence-electron chi connectivity index (χ3n) is 3.70. The predicted octanol–water partition coefficient (Wildman–Crippen LogP) is 3.96. The molecule has 0 radical (unpaired) electrons. The molecular weight excluding hydrogens is 456 g/mol. The molecule has 0 aliphatic heterocycles. The first-order valence-corrected chi connectivity index (χ1v) is 12.1. The number of aromatic nitrogens is 2. The van der Waals surface area contributed by atoms with E-state index in [9.17, 15) is 18.5 Å². The molecule has 0 aliphatic rings. The molecule has 0 saturated heterocycles. The van der Waals surface area contributed by atoms with Gasteiger partial charge in [0.1, 0.15) is 22.3 Å². The van der Waals surface area contributed by atoms with E-state index in [1.807, 2.05) is 13.0 Å². The van der Waals surface area contributed by atoms with Gasteiger partial charge < -0.3 is 4.18 Å². The molecule has 0 spiro atoms. The lowest BCUT2D eigenvalue weighted by molar-refractivity contribution is -0.112. The predicted molar refractivity (Wildman–Crippen MR) is 119 cm³/mol. The van der Waals surface area contributed by atoms with Crippen LogP contribution in [-0.2, 0) is 14.9 Å². The smallest absolute Gasteiger partial charge is 0.339 e. The van der Waals surface area contributed by atoms with E-state index in [0.29, 0.717) is 15.9 Å². The fourth-order valence-corrected chi connectivity index (χ4v) is 4.53. The van der Waals surface area contributed by atoms with E-state index in [4.69, 9.17) is 4.18 Å². The molecule has 0 bridgehead atoms. The summed E-state index contributed by atoms with van der Waals surface area (Å²) < 4.78 is 33.8. The lowest BCUT2D eigenvalue weighted by Gasteiger charge is -2.07. The van der Waals surface area contributed by atoms with Gasteiger partial charge in [0.25, 0.3) is 5.91 Å². The van der Waals surface area contributed by atoms with Gasteiger partial charge in [-0.1, -0.05) is 49.0 Å². The van der Waals surface area contributed by atoms with Gasteiger partial charge in [-0.15, -0.1) is 0 Å². The number of benzene rings is 2. The molecule has 3 aromatic rings. The van der Waals surface area contributed by atoms with Gasteiger partial charge in [-0.2, -0.15) is 23.0 Å². The number of nitriles is 1. The van der Waals surface area contributed by atoms with Crippen molar-refractivity contribution in [2.75, 3.05) is 11.1 Å². The van der Waals surface area contributed by atoms with Crippen LogP contribution in [0.4, 0.5) is 5.13 Å². The Morgan fingerprint density at radius 2 is 1.94 bits per heavy atom. The molecule has 0 unspecified atom stereocenters. The monoisotopic (exact) mass is 472 g/mol. The van der Waals surface area contributed by atoms with Crippen LogP contribution in [0.15, 0.2) is 70.2 Å². The van der Waals surface area contributed by atoms with E-state index in [-0.39, 0.29) is 16.2 Å². The number of anilines is 1. The number of hydrogen-bond acceptors (Lipinski definition) is 9. The molecule has 158 valence electrons. The van der Waals surface area contributed by atoms with E-state index in [1.165, 1.54) is 42.1 Å². The fourth-order valence-electron chi connectivity index (χ4n) is 2.31. The van der Waals surface area contributed by atoms with E-state index >= 15 is 0 Å². The minimum absolute atomic E-state index is 0.0413. The Morgan fingerprint density at radius 1 is 1.23 bits per heavy atom. The second-order valence-corrected chi connectivity index (χ2v) is 9.39. The number of carbonyl (C=O) groups excluding carboxylic acids is 1. The molecule has 11 heteroatoms. The van der Waals surface area contributed by atoms with Crippen LogP contribution in [0, 0.1) is 11.3 Å². The minimum Gasteiger partial charge on any atom is -0.379 e. The van der Waals surface area contributed by atoms with Gasteiger partial charge in [-0.25, -0.2) is 0 Å². The second kappa shape index (κ2) is 10.2. The summed E-state index contributed by atoms with van der Waals surface area (Å²) in [7, 11) is -3.95. The molecule has 1 N–H and O–H groups in total. The zero-order valence-corrected chi connectivity index (χ0v) is 18.6. The number of thioether (sulfide) groups is 1. The first-order chi connectivity index (χ1) is 14.9. The van der Waals surface area contributed by atoms with Crippen LogP contribution in [-0.4, -0.2) is 29.4 Å². The van der Waals surface area contributed by atoms with E-state index in [1.54, 1.807) is 30.3 Å². The SMILES string of the molecule is CCSc1nsc(NC(=O)C(C#N)=Cc2ccc(OS(=O)(=O)c3ccccc3)cc2)n1. The maximum Gasteiger partial charge on any atom is 0.339 e. The Morgan fingerprint density at radius 3 is 2.58 bits per heavy atom. The van der Waals surface area contributed by atoms with Crippen molar-refractivity contribution < 1.29 is 17.4 Å². The van der Waals surface area contributed by atoms with Gasteiger partial charge >= 0.3 is 10.1 Å². The number of hydrogen-bond donors (Lipinski definition) is 1. The van der Waals surface area contributed by atoms with Crippen molar-refractivity contribution >= 4 is 50.5 Å². The van der Waals surface area contributed by atoms with Crippen LogP contribution in [0.5, 0.6) is 5.75 Å². The van der Waals surface area contributed by atoms with Crippen molar-refractivity contribution in [2.45, 2.75) is 17.0 Å². The van der Waals surface area contributed by atoms with Crippen molar-refractivity contribution in [1.82, 2.24) is 9.36 Å². The summed E-state index contributed by atoms with van der Waals surface area (Å²) in [4.78, 5) is 16.6. The van der Waals surface area contributed by atoms with Crippen LogP contribution in [0.3, 0.4) is 0 Å². The first-order valence-electron chi connectivity index (χ1n) is 8.90. The number of carbonyl (C=O) groups is 1. The highest BCUT2D eigenvalue weighted by atomic mass is 32.2. The summed E-state index contributed by atoms with van der Waals surface area (Å²) in [6.45, 7) is 1.97. The van der Waals surface area contributed by atoms with Crippen LogP contribution < -0.4 is 9.50 Å². The van der Waals surface area contributed by atoms with Crippen molar-refractivity contribution in [2.24, 2.45) is 0 Å². The highest BCUT2D eigenvalue weighted by molar-refractivity contribution is 7.99. The lowest BCUT2D eigenvalue weighted by Crippen LogP contribution is -2.13. The summed E-state index contributed by atoms with van der Waals surface area (Å²) >= 11 is 2.48. The topological polar surface area (TPSA) is 122 Å². The van der Waals surface area contributed by atoms with Gasteiger partial charge in [0.05, 0.1) is 0 Å². The van der Waals surface area contributed by atoms with Crippen molar-refractivity contribution in [3.8, 4) is 11.8 Å². The summed E-state index contributed by atoms with van der Waals surface area (Å²) in [5, 5.41) is 12.8. The number of rotatable bonds is 8. The standard InChI is InChI=1S/C20H16N4O4S3/c1-2-29-20-23-19(30-24-20)22-18(25)15(13-21)12-14-8-10-16(11-9-14)28-31(26,27)17-6-4-3-5-7-17/h3-12H,2H2,1H3,(H,22,23,24,25). The summed E-state index contributed by atoms with van der Waals surface area (Å²) in [5.41, 5.74) is 0.390. The van der Waals surface area contributed by atoms with E-state index in [0.717, 1.165) is 17.3 Å². The summed E-state index contributed by atoms with van der Waals surface area (Å²) in [6.07, 6.45) is 1.38. The van der Waals surface area contributed by atoms with Gasteiger partial charge in [-0.05, 0) is 41.7 Å². The largest absolute Gasteiger partial charge is 0.379 e. The molecule has 3 rings (SSSR count). The Bertz CT molecular complexity index is 1230. The molecule has 1 amide bonds. The van der Waals surface area contributed by atoms with Gasteiger partial charge in [0.15, 0.2) is 0 Å². The quantitative estimate of drug-likeness (QED) is 0.226. The van der Waals surface area contributed by atoms with Gasteiger partial charge in [-0.3, -0.25) is 10.1 Å². The molecular formula is C20H16N4O4S3. The van der Waals surface area contributed by atoms with Gasteiger partial charge in [0.2, 0.25) is 10.3 Å². The van der Waals surface area contributed by atoms with Crippen molar-refractivity contribution in [3.63, 3.8) is 0 Å². The molecule has 8 nitrogen and oxygen atoms in total. The Labute approximate surface area is 187 Å². The summed E-state index contributed by atoms with van der Waals surface area (Å²) in [6, 6.07) is 15.6. The zero-order valence-electron chi connectivity index (χ0n) is 16.2. The van der Waals surface area contributed by atoms with Crippen LogP contribution in [0.25, 0.3) is 6.08 Å². The van der Waals surface area contributed by atoms with E-state index < -0.39 is 16.0 Å². The number of nitrogens with one attached hydrogen (secondary N) is 1. The van der Waals surface area contributed by atoms with E-state index in [2.05, 4.69) is 14.7 Å². The van der Waals surface area contributed by atoms with Crippen molar-refractivity contribution in [1.29, 1.82) is 5.26 Å². The number of amides is 1. The third-order valence-corrected chi connectivity index (χ3v) is 6.43.